The van der Waals surface area contributed by atoms with Crippen molar-refractivity contribution in [3.05, 3.63) is 0 Å². The van der Waals surface area contributed by atoms with Gasteiger partial charge < -0.3 is 11.1 Å². The maximum Gasteiger partial charge on any atom is 0.221 e. The molecule has 0 aliphatic carbocycles. The highest BCUT2D eigenvalue weighted by Gasteiger charge is 2.12. The van der Waals surface area contributed by atoms with Gasteiger partial charge in [0.05, 0.1) is 0 Å². The van der Waals surface area contributed by atoms with Crippen LogP contribution in [0.4, 0.5) is 0 Å². The minimum atomic E-state index is 0.0155. The van der Waals surface area contributed by atoms with E-state index in [1.165, 1.54) is 0 Å². The predicted molar refractivity (Wildman–Crippen MR) is 68.1 cm³/mol. The summed E-state index contributed by atoms with van der Waals surface area (Å²) in [7, 11) is 0. The largest absolute Gasteiger partial charge is 0.353 e. The molecule has 0 bridgehead atoms. The highest BCUT2D eigenvalue weighted by Crippen LogP contribution is 2.03. The topological polar surface area (TPSA) is 55.1 Å². The van der Waals surface area contributed by atoms with E-state index in [1.807, 2.05) is 0 Å². The Bertz CT molecular complexity index is 176. The molecule has 90 valence electrons. The van der Waals surface area contributed by atoms with Crippen molar-refractivity contribution in [2.24, 2.45) is 5.73 Å². The molecule has 0 aromatic rings. The van der Waals surface area contributed by atoms with Crippen molar-refractivity contribution in [1.29, 1.82) is 0 Å². The molecule has 0 saturated carbocycles. The molecule has 0 fully saturated rings. The Morgan fingerprint density at radius 2 is 2.13 bits per heavy atom. The number of thioether (sulfide) groups is 1. The van der Waals surface area contributed by atoms with E-state index in [4.69, 9.17) is 5.73 Å². The monoisotopic (exact) mass is 232 g/mol. The van der Waals surface area contributed by atoms with Gasteiger partial charge in [-0.25, -0.2) is 0 Å². The lowest BCUT2D eigenvalue weighted by Gasteiger charge is -2.17. The van der Waals surface area contributed by atoms with Crippen LogP contribution in [0.2, 0.25) is 0 Å². The van der Waals surface area contributed by atoms with E-state index in [1.54, 1.807) is 11.8 Å². The highest BCUT2D eigenvalue weighted by atomic mass is 32.2. The summed E-state index contributed by atoms with van der Waals surface area (Å²) in [5.74, 6) is 1.07. The van der Waals surface area contributed by atoms with E-state index in [9.17, 15) is 4.79 Å². The molecule has 3 nitrogen and oxygen atoms in total. The third-order valence-corrected chi connectivity index (χ3v) is 3.07. The van der Waals surface area contributed by atoms with Gasteiger partial charge in [0.2, 0.25) is 5.91 Å². The van der Waals surface area contributed by atoms with Gasteiger partial charge >= 0.3 is 0 Å². The molecule has 0 heterocycles. The normalized spacial score (nSPS) is 14.7. The van der Waals surface area contributed by atoms with Crippen molar-refractivity contribution >= 4 is 17.7 Å². The van der Waals surface area contributed by atoms with Gasteiger partial charge in [-0.3, -0.25) is 4.79 Å². The van der Waals surface area contributed by atoms with Crippen molar-refractivity contribution < 1.29 is 4.79 Å². The second-order valence-electron chi connectivity index (χ2n) is 3.88. The number of nitrogens with one attached hydrogen (secondary N) is 1. The minimum Gasteiger partial charge on any atom is -0.353 e. The number of hydrogen-bond donors (Lipinski definition) is 2. The number of nitrogens with two attached hydrogens (primary N) is 1. The van der Waals surface area contributed by atoms with Crippen molar-refractivity contribution in [2.75, 3.05) is 12.0 Å². The van der Waals surface area contributed by atoms with Crippen LogP contribution in [0.1, 0.15) is 39.5 Å². The first-order valence-corrected chi connectivity index (χ1v) is 7.07. The quantitative estimate of drug-likeness (QED) is 0.670. The zero-order chi connectivity index (χ0) is 11.7. The molecule has 0 spiro atoms. The fraction of sp³-hybridized carbons (Fsp3) is 0.909. The molecule has 2 unspecified atom stereocenters. The average molecular weight is 232 g/mol. The molecule has 0 aromatic carbocycles. The lowest BCUT2D eigenvalue weighted by Crippen LogP contribution is -2.39. The van der Waals surface area contributed by atoms with E-state index in [0.29, 0.717) is 12.5 Å². The second-order valence-corrected chi connectivity index (χ2v) is 4.79. The van der Waals surface area contributed by atoms with Crippen molar-refractivity contribution in [2.45, 2.75) is 51.6 Å². The van der Waals surface area contributed by atoms with Crippen LogP contribution in [-0.2, 0) is 4.79 Å². The molecule has 3 N–H and O–H groups in total. The summed E-state index contributed by atoms with van der Waals surface area (Å²) in [4.78, 5) is 11.6. The van der Waals surface area contributed by atoms with Gasteiger partial charge in [0.15, 0.2) is 0 Å². The van der Waals surface area contributed by atoms with Gasteiger partial charge in [-0.05, 0) is 19.1 Å². The summed E-state index contributed by atoms with van der Waals surface area (Å²) < 4.78 is 0. The molecular weight excluding hydrogens is 208 g/mol. The highest BCUT2D eigenvalue weighted by molar-refractivity contribution is 7.98. The molecule has 2 atom stereocenters. The number of amides is 1. The summed E-state index contributed by atoms with van der Waals surface area (Å²) in [6.45, 7) is 4.17. The maximum atomic E-state index is 11.6. The minimum absolute atomic E-state index is 0.0155. The molecule has 0 aliphatic heterocycles. The molecule has 0 saturated heterocycles. The van der Waals surface area contributed by atoms with Crippen molar-refractivity contribution in [1.82, 2.24) is 5.32 Å². The lowest BCUT2D eigenvalue weighted by molar-refractivity contribution is -0.122. The molecule has 15 heavy (non-hydrogen) atoms. The Morgan fingerprint density at radius 1 is 1.47 bits per heavy atom. The predicted octanol–water partition coefficient (Wildman–Crippen LogP) is 1.76. The molecule has 1 amide bonds. The average Bonchev–Trinajstić information content (AvgIpc) is 2.17. The van der Waals surface area contributed by atoms with Gasteiger partial charge in [0, 0.05) is 24.3 Å². The van der Waals surface area contributed by atoms with Crippen molar-refractivity contribution in [3.8, 4) is 0 Å². The van der Waals surface area contributed by atoms with E-state index in [0.717, 1.165) is 25.0 Å². The number of carbonyl (C=O) groups is 1. The van der Waals surface area contributed by atoms with E-state index < -0.39 is 0 Å². The fourth-order valence-corrected chi connectivity index (χ4v) is 2.18. The summed E-state index contributed by atoms with van der Waals surface area (Å²) in [5.41, 5.74) is 5.81. The summed E-state index contributed by atoms with van der Waals surface area (Å²) in [5, 5.41) is 3.02. The Balaban J connectivity index is 3.79. The zero-order valence-corrected chi connectivity index (χ0v) is 10.9. The molecule has 0 rings (SSSR count). The van der Waals surface area contributed by atoms with Crippen LogP contribution < -0.4 is 11.1 Å². The fourth-order valence-electron chi connectivity index (χ4n) is 1.46. The van der Waals surface area contributed by atoms with Crippen LogP contribution in [0, 0.1) is 0 Å². The van der Waals surface area contributed by atoms with Crippen LogP contribution >= 0.6 is 11.8 Å². The van der Waals surface area contributed by atoms with Crippen LogP contribution in [0.15, 0.2) is 0 Å². The molecule has 4 heteroatoms. The van der Waals surface area contributed by atoms with Crippen LogP contribution in [0.3, 0.4) is 0 Å². The summed E-state index contributed by atoms with van der Waals surface area (Å²) in [6.07, 6.45) is 5.45. The third-order valence-electron chi connectivity index (χ3n) is 2.33. The molecule has 0 radical (unpaired) electrons. The number of hydrogen-bond acceptors (Lipinski definition) is 3. The Kier molecular flexibility index (Phi) is 8.91. The van der Waals surface area contributed by atoms with Crippen LogP contribution in [-0.4, -0.2) is 30.0 Å². The number of rotatable bonds is 8. The molecular formula is C11H24N2OS. The summed E-state index contributed by atoms with van der Waals surface area (Å²) in [6, 6.07) is 0.308. The van der Waals surface area contributed by atoms with Crippen molar-refractivity contribution in [3.63, 3.8) is 0 Å². The van der Waals surface area contributed by atoms with Gasteiger partial charge in [0.25, 0.3) is 0 Å². The van der Waals surface area contributed by atoms with E-state index in [2.05, 4.69) is 25.4 Å². The van der Waals surface area contributed by atoms with E-state index in [-0.39, 0.29) is 11.9 Å². The van der Waals surface area contributed by atoms with Gasteiger partial charge in [-0.1, -0.05) is 20.3 Å². The zero-order valence-electron chi connectivity index (χ0n) is 10.1. The smallest absolute Gasteiger partial charge is 0.221 e. The van der Waals surface area contributed by atoms with Gasteiger partial charge in [-0.2, -0.15) is 11.8 Å². The second kappa shape index (κ2) is 9.04. The first-order chi connectivity index (χ1) is 7.13. The van der Waals surface area contributed by atoms with Gasteiger partial charge in [-0.15, -0.1) is 0 Å². The maximum absolute atomic E-state index is 11.6. The van der Waals surface area contributed by atoms with Crippen LogP contribution in [0.25, 0.3) is 0 Å². The molecule has 0 aromatic heterocycles. The first kappa shape index (κ1) is 14.8. The Hall–Kier alpha value is -0.220. The van der Waals surface area contributed by atoms with E-state index >= 15 is 0 Å². The first-order valence-electron chi connectivity index (χ1n) is 5.67. The Labute approximate surface area is 97.6 Å². The van der Waals surface area contributed by atoms with Crippen LogP contribution in [0.5, 0.6) is 0 Å². The Morgan fingerprint density at radius 3 is 2.60 bits per heavy atom. The SMILES string of the molecule is CCCC(N)CC(=O)NC(CC)CSC. The summed E-state index contributed by atoms with van der Waals surface area (Å²) >= 11 is 1.76. The van der Waals surface area contributed by atoms with Gasteiger partial charge in [0.1, 0.15) is 0 Å². The lowest BCUT2D eigenvalue weighted by atomic mass is 10.1. The third kappa shape index (κ3) is 7.68. The standard InChI is InChI=1S/C11H24N2OS/c1-4-6-9(12)7-11(14)13-10(5-2)8-15-3/h9-10H,4-8,12H2,1-3H3,(H,13,14). The molecule has 0 aliphatic rings. The number of carbonyl (C=O) groups excluding carboxylic acids is 1.